The summed E-state index contributed by atoms with van der Waals surface area (Å²) < 4.78 is 14.5. The Morgan fingerprint density at radius 1 is 0.508 bits per heavy atom. The summed E-state index contributed by atoms with van der Waals surface area (Å²) in [5, 5.41) is 2.19. The average molecular weight is 965 g/mol. The normalized spacial score (nSPS) is 11.5. The van der Waals surface area contributed by atoms with E-state index in [2.05, 4.69) is 203 Å². The third-order valence-corrected chi connectivity index (χ3v) is 12.2. The summed E-state index contributed by atoms with van der Waals surface area (Å²) in [6.07, 6.45) is 5.57. The van der Waals surface area contributed by atoms with Gasteiger partial charge in [0.05, 0.1) is 0 Å². The minimum atomic E-state index is 0.585. The number of hydrogen-bond acceptors (Lipinski definition) is 3. The van der Waals surface area contributed by atoms with Gasteiger partial charge in [-0.2, -0.15) is 0 Å². The van der Waals surface area contributed by atoms with E-state index in [1.54, 1.807) is 0 Å². The first-order chi connectivity index (χ1) is 30.1. The first-order valence-electron chi connectivity index (χ1n) is 20.1. The van der Waals surface area contributed by atoms with Crippen LogP contribution >= 0.6 is 0 Å². The number of fused-ring (bicyclic) bond motifs is 4. The number of hydrogen-bond donors (Lipinski definition) is 0. The molecule has 0 N–H and O–H groups in total. The van der Waals surface area contributed by atoms with Crippen molar-refractivity contribution in [1.82, 2.24) is 23.7 Å². The van der Waals surface area contributed by atoms with E-state index in [4.69, 9.17) is 9.72 Å². The summed E-state index contributed by atoms with van der Waals surface area (Å²) in [4.78, 5) is 9.18. The van der Waals surface area contributed by atoms with Crippen LogP contribution in [0, 0.1) is 22.9 Å². The number of pyridine rings is 2. The van der Waals surface area contributed by atoms with Gasteiger partial charge in [-0.25, -0.2) is 0 Å². The van der Waals surface area contributed by atoms with Crippen molar-refractivity contribution in [3.8, 4) is 62.1 Å². The van der Waals surface area contributed by atoms with Gasteiger partial charge >= 0.3 is 294 Å². The maximum absolute atomic E-state index is 6.66. The van der Waals surface area contributed by atoms with E-state index in [0.29, 0.717) is 11.5 Å². The molecule has 0 spiro atoms. The Hall–Kier alpha value is -7.40. The molecule has 7 aromatic carbocycles. The zero-order valence-corrected chi connectivity index (χ0v) is 35.2. The predicted octanol–water partition coefficient (Wildman–Crippen LogP) is 13.1. The summed E-state index contributed by atoms with van der Waals surface area (Å²) in [7, 11) is 0. The molecular formula is C54H35N5OPt-2. The molecular weight excluding hydrogens is 930 g/mol. The Kier molecular flexibility index (Phi) is 9.21. The van der Waals surface area contributed by atoms with E-state index in [1.807, 2.05) is 48.9 Å². The third-order valence-electron chi connectivity index (χ3n) is 11.2. The van der Waals surface area contributed by atoms with Gasteiger partial charge in [-0.15, -0.1) is 0 Å². The number of nitrogens with zero attached hydrogens (tertiary/aromatic N) is 5. The second kappa shape index (κ2) is 15.3. The molecule has 0 aliphatic carbocycles. The number of ether oxygens (including phenoxy) is 1. The predicted molar refractivity (Wildman–Crippen MR) is 241 cm³/mol. The molecule has 4 aromatic heterocycles. The molecule has 0 atom stereocenters. The molecule has 11 rings (SSSR count). The standard InChI is InChI=1S/C54H35N5O.Pt/c1-37-32-53(56-35-48(37)40-28-30-55-31-29-40)59-49-23-9-8-20-46(49)47-27-26-43(34-52(47)59)60-42-19-12-18-41(33-42)57-36-58(51-25-11-10-24-50(51)57)54-44(38-14-4-2-5-15-38)21-13-22-45(54)39-16-6-3-7-17-39;/h2-32,35H,1H3;/q-2;. The first kappa shape index (κ1) is 36.7. The van der Waals surface area contributed by atoms with Crippen molar-refractivity contribution in [3.05, 3.63) is 216 Å². The van der Waals surface area contributed by atoms with Gasteiger partial charge in [0.1, 0.15) is 0 Å². The summed E-state index contributed by atoms with van der Waals surface area (Å²) in [6.45, 7) is 2.12. The smallest absolute Gasteiger partial charge is 0.265 e. The zero-order valence-electron chi connectivity index (χ0n) is 32.9. The fourth-order valence-electron chi connectivity index (χ4n) is 8.45. The first-order valence-corrected chi connectivity index (χ1v) is 21.2. The molecule has 11 aromatic rings. The Morgan fingerprint density at radius 3 is 1.82 bits per heavy atom. The molecule has 7 heteroatoms. The SMILES string of the molecule is Cc1cc(-n2c3[c-]c(Oc4[c-]c(-n5[c](=[Pt])n(-c6c(-c7ccccc7)cccc6-c6ccccc6)c6ccccc65)ccc4)ccc3c3ccccc32)ncc1-c1ccncc1. The van der Waals surface area contributed by atoms with Crippen molar-refractivity contribution in [2.24, 2.45) is 0 Å². The van der Waals surface area contributed by atoms with Crippen LogP contribution in [0.25, 0.3) is 83.4 Å². The Balaban J connectivity index is 1.02. The molecule has 4 heterocycles. The maximum atomic E-state index is 6.66. The fourth-order valence-corrected chi connectivity index (χ4v) is 9.53. The van der Waals surface area contributed by atoms with Gasteiger partial charge in [-0.1, -0.05) is 12.1 Å². The number of benzene rings is 7. The van der Waals surface area contributed by atoms with Crippen LogP contribution in [0.2, 0.25) is 0 Å². The molecule has 0 aliphatic heterocycles. The second-order valence-corrected chi connectivity index (χ2v) is 15.9. The molecule has 0 saturated heterocycles. The van der Waals surface area contributed by atoms with Crippen molar-refractivity contribution in [2.45, 2.75) is 6.92 Å². The number of rotatable bonds is 8. The van der Waals surface area contributed by atoms with Crippen molar-refractivity contribution in [1.29, 1.82) is 0 Å². The molecule has 0 unspecified atom stereocenters. The molecule has 0 amide bonds. The Labute approximate surface area is 363 Å². The molecule has 294 valence electrons. The average Bonchev–Trinajstić information content (AvgIpc) is 3.80. The molecule has 0 fully saturated rings. The summed E-state index contributed by atoms with van der Waals surface area (Å²) >= 11 is 2.47. The Bertz CT molecular complexity index is 3420. The van der Waals surface area contributed by atoms with Crippen LogP contribution in [0.1, 0.15) is 5.56 Å². The van der Waals surface area contributed by atoms with Gasteiger partial charge in [0.25, 0.3) is 0 Å². The molecule has 0 saturated carbocycles. The molecule has 0 bridgehead atoms. The fraction of sp³-hybridized carbons (Fsp3) is 0.0185. The van der Waals surface area contributed by atoms with E-state index in [1.165, 1.54) is 0 Å². The van der Waals surface area contributed by atoms with Gasteiger partial charge < -0.3 is 0 Å². The van der Waals surface area contributed by atoms with Crippen molar-refractivity contribution in [2.75, 3.05) is 0 Å². The van der Waals surface area contributed by atoms with Crippen LogP contribution in [-0.2, 0) is 19.4 Å². The zero-order chi connectivity index (χ0) is 40.9. The van der Waals surface area contributed by atoms with E-state index < -0.39 is 0 Å². The number of imidazole rings is 1. The minimum Gasteiger partial charge on any atom is -0.265 e. The van der Waals surface area contributed by atoms with Crippen molar-refractivity contribution >= 4 is 32.8 Å². The monoisotopic (exact) mass is 964 g/mol. The second-order valence-electron chi connectivity index (χ2n) is 14.9. The molecule has 61 heavy (non-hydrogen) atoms. The molecule has 0 aliphatic rings. The van der Waals surface area contributed by atoms with Gasteiger partial charge in [-0.05, 0) is 30.2 Å². The quantitative estimate of drug-likeness (QED) is 0.143. The Morgan fingerprint density at radius 2 is 1.11 bits per heavy atom. The van der Waals surface area contributed by atoms with Crippen LogP contribution in [0.4, 0.5) is 0 Å². The van der Waals surface area contributed by atoms with Gasteiger partial charge in [0.2, 0.25) is 0 Å². The van der Waals surface area contributed by atoms with Gasteiger partial charge in [-0.3, -0.25) is 4.98 Å². The molecule has 0 radical (unpaired) electrons. The van der Waals surface area contributed by atoms with Gasteiger partial charge in [0.15, 0.2) is 0 Å². The third kappa shape index (κ3) is 6.44. The van der Waals surface area contributed by atoms with E-state index in [9.17, 15) is 0 Å². The minimum absolute atomic E-state index is 0.585. The summed E-state index contributed by atoms with van der Waals surface area (Å²) in [5.41, 5.74) is 13.9. The number of para-hydroxylation sites is 4. The summed E-state index contributed by atoms with van der Waals surface area (Å²) in [6, 6.07) is 68.4. The van der Waals surface area contributed by atoms with Crippen LogP contribution < -0.4 is 4.74 Å². The topological polar surface area (TPSA) is 49.8 Å². The van der Waals surface area contributed by atoms with Crippen molar-refractivity contribution < 1.29 is 24.1 Å². The molecule has 6 nitrogen and oxygen atoms in total. The van der Waals surface area contributed by atoms with Crippen LogP contribution in [0.5, 0.6) is 11.5 Å². The van der Waals surface area contributed by atoms with Crippen LogP contribution in [0.15, 0.2) is 195 Å². The van der Waals surface area contributed by atoms with Crippen molar-refractivity contribution in [3.63, 3.8) is 0 Å². The van der Waals surface area contributed by atoms with Crippen LogP contribution in [-0.4, -0.2) is 23.7 Å². The number of aryl methyl sites for hydroxylation is 1. The van der Waals surface area contributed by atoms with E-state index >= 15 is 0 Å². The summed E-state index contributed by atoms with van der Waals surface area (Å²) in [5.74, 6) is 1.98. The van der Waals surface area contributed by atoms with Gasteiger partial charge in [0, 0.05) is 24.2 Å². The number of aromatic nitrogens is 5. The van der Waals surface area contributed by atoms with Crippen LogP contribution in [0.3, 0.4) is 0 Å². The van der Waals surface area contributed by atoms with E-state index in [-0.39, 0.29) is 0 Å². The van der Waals surface area contributed by atoms with E-state index in [0.717, 1.165) is 92.8 Å².